The van der Waals surface area contributed by atoms with Gasteiger partial charge in [0.25, 0.3) is 6.71 Å². The molecule has 5 heteroatoms. The summed E-state index contributed by atoms with van der Waals surface area (Å²) in [4.78, 5) is 9.77. The van der Waals surface area contributed by atoms with Gasteiger partial charge in [-0.25, -0.2) is 4.98 Å². The molecule has 0 unspecified atom stereocenters. The predicted molar refractivity (Wildman–Crippen MR) is 156 cm³/mol. The number of aromatic nitrogens is 4. The normalized spacial score (nSPS) is 11.2. The predicted octanol–water partition coefficient (Wildman–Crippen LogP) is 5.04. The summed E-state index contributed by atoms with van der Waals surface area (Å²) in [5.41, 5.74) is 15.1. The third kappa shape index (κ3) is 4.44. The SMILES string of the molecule is Cc1cc(C)c(B(c2cn(-c3nccn3-c3c(C)cccc3C)cn2)c2c(C)cc(C)cc2C)c(C)c1. The number of benzene rings is 3. The number of nitrogens with zero attached hydrogens (tertiary/aromatic N) is 4. The van der Waals surface area contributed by atoms with Gasteiger partial charge in [-0.3, -0.25) is 14.1 Å². The van der Waals surface area contributed by atoms with Crippen LogP contribution >= 0.6 is 0 Å². The minimum absolute atomic E-state index is 0.0334. The smallest absolute Gasteiger partial charge is 0.268 e. The summed E-state index contributed by atoms with van der Waals surface area (Å²) >= 11 is 0. The first-order chi connectivity index (χ1) is 17.7. The van der Waals surface area contributed by atoms with Gasteiger partial charge in [0.15, 0.2) is 0 Å². The van der Waals surface area contributed by atoms with E-state index >= 15 is 0 Å². The van der Waals surface area contributed by atoms with Crippen molar-refractivity contribution in [2.24, 2.45) is 0 Å². The van der Waals surface area contributed by atoms with Crippen LogP contribution in [0.4, 0.5) is 0 Å². The molecule has 5 aromatic rings. The molecule has 0 spiro atoms. The van der Waals surface area contributed by atoms with Crippen molar-refractivity contribution in [2.75, 3.05) is 0 Å². The van der Waals surface area contributed by atoms with E-state index in [0.29, 0.717) is 0 Å². The Labute approximate surface area is 221 Å². The van der Waals surface area contributed by atoms with Crippen LogP contribution in [-0.4, -0.2) is 25.8 Å². The van der Waals surface area contributed by atoms with Crippen molar-refractivity contribution in [2.45, 2.75) is 55.4 Å². The van der Waals surface area contributed by atoms with Crippen LogP contribution in [0, 0.1) is 55.4 Å². The Morgan fingerprint density at radius 1 is 0.649 bits per heavy atom. The van der Waals surface area contributed by atoms with E-state index in [-0.39, 0.29) is 6.71 Å². The fourth-order valence-electron chi connectivity index (χ4n) is 6.18. The van der Waals surface area contributed by atoms with Gasteiger partial charge in [-0.2, -0.15) is 0 Å². The minimum Gasteiger partial charge on any atom is -0.285 e. The van der Waals surface area contributed by atoms with E-state index in [9.17, 15) is 0 Å². The first kappa shape index (κ1) is 24.8. The molecule has 37 heavy (non-hydrogen) atoms. The number of aryl methyl sites for hydroxylation is 8. The Kier molecular flexibility index (Phi) is 6.41. The molecule has 4 nitrogen and oxygen atoms in total. The molecule has 0 aliphatic rings. The van der Waals surface area contributed by atoms with E-state index in [2.05, 4.69) is 113 Å². The van der Waals surface area contributed by atoms with Gasteiger partial charge in [-0.1, -0.05) is 86.8 Å². The first-order valence-electron chi connectivity index (χ1n) is 13.0. The van der Waals surface area contributed by atoms with Crippen LogP contribution in [0.1, 0.15) is 44.5 Å². The van der Waals surface area contributed by atoms with E-state index < -0.39 is 0 Å². The number of hydrogen-bond acceptors (Lipinski definition) is 2. The second kappa shape index (κ2) is 9.55. The molecule has 0 atom stereocenters. The van der Waals surface area contributed by atoms with Crippen LogP contribution in [-0.2, 0) is 0 Å². The van der Waals surface area contributed by atoms with Gasteiger partial charge >= 0.3 is 0 Å². The fraction of sp³-hybridized carbons (Fsp3) is 0.250. The highest BCUT2D eigenvalue weighted by Crippen LogP contribution is 2.22. The van der Waals surface area contributed by atoms with Crippen LogP contribution in [0.25, 0.3) is 11.6 Å². The second-order valence-corrected chi connectivity index (χ2v) is 10.6. The number of rotatable bonds is 5. The van der Waals surface area contributed by atoms with E-state index in [4.69, 9.17) is 9.97 Å². The molecular formula is C32H35BN4. The summed E-state index contributed by atoms with van der Waals surface area (Å²) < 4.78 is 4.22. The summed E-state index contributed by atoms with van der Waals surface area (Å²) in [6.07, 6.45) is 7.96. The molecule has 0 N–H and O–H groups in total. The first-order valence-corrected chi connectivity index (χ1v) is 13.0. The van der Waals surface area contributed by atoms with E-state index in [1.807, 2.05) is 18.7 Å². The van der Waals surface area contributed by atoms with E-state index in [1.54, 1.807) is 0 Å². The molecular weight excluding hydrogens is 451 g/mol. The Morgan fingerprint density at radius 2 is 1.16 bits per heavy atom. The van der Waals surface area contributed by atoms with Gasteiger partial charge in [0.05, 0.1) is 5.69 Å². The van der Waals surface area contributed by atoms with Gasteiger partial charge < -0.3 is 0 Å². The molecule has 0 saturated heterocycles. The zero-order chi connectivity index (χ0) is 26.4. The quantitative estimate of drug-likeness (QED) is 0.326. The molecule has 0 aliphatic carbocycles. The molecule has 0 bridgehead atoms. The molecule has 186 valence electrons. The average Bonchev–Trinajstić information content (AvgIpc) is 3.46. The lowest BCUT2D eigenvalue weighted by molar-refractivity contribution is 0.880. The van der Waals surface area contributed by atoms with E-state index in [0.717, 1.165) is 17.2 Å². The zero-order valence-electron chi connectivity index (χ0n) is 23.2. The maximum atomic E-state index is 5.02. The fourth-order valence-corrected chi connectivity index (χ4v) is 6.18. The van der Waals surface area contributed by atoms with Crippen molar-refractivity contribution in [3.8, 4) is 11.6 Å². The average molecular weight is 486 g/mol. The Balaban J connectivity index is 1.71. The Hall–Kier alpha value is -3.86. The summed E-state index contributed by atoms with van der Waals surface area (Å²) in [6, 6.07) is 15.6. The van der Waals surface area contributed by atoms with Crippen molar-refractivity contribution in [1.29, 1.82) is 0 Å². The third-order valence-corrected chi connectivity index (χ3v) is 7.48. The lowest BCUT2D eigenvalue weighted by atomic mass is 9.36. The molecule has 0 radical (unpaired) electrons. The van der Waals surface area contributed by atoms with Crippen LogP contribution in [0.5, 0.6) is 0 Å². The van der Waals surface area contributed by atoms with Crippen molar-refractivity contribution in [3.63, 3.8) is 0 Å². The second-order valence-electron chi connectivity index (χ2n) is 10.6. The molecule has 0 amide bonds. The monoisotopic (exact) mass is 486 g/mol. The topological polar surface area (TPSA) is 35.6 Å². The molecule has 0 fully saturated rings. The van der Waals surface area contributed by atoms with Crippen LogP contribution in [0.15, 0.2) is 67.4 Å². The summed E-state index contributed by atoms with van der Waals surface area (Å²) in [6.45, 7) is 17.6. The van der Waals surface area contributed by atoms with Crippen molar-refractivity contribution < 1.29 is 0 Å². The molecule has 5 rings (SSSR count). The number of hydrogen-bond donors (Lipinski definition) is 0. The maximum Gasteiger partial charge on any atom is 0.268 e. The highest BCUT2D eigenvalue weighted by Gasteiger charge is 2.31. The summed E-state index contributed by atoms with van der Waals surface area (Å²) in [7, 11) is 0. The highest BCUT2D eigenvalue weighted by atomic mass is 15.2. The zero-order valence-corrected chi connectivity index (χ0v) is 23.2. The molecule has 0 saturated carbocycles. The lowest BCUT2D eigenvalue weighted by Crippen LogP contribution is -2.56. The van der Waals surface area contributed by atoms with Crippen LogP contribution in [0.2, 0.25) is 0 Å². The van der Waals surface area contributed by atoms with Crippen molar-refractivity contribution >= 4 is 23.2 Å². The highest BCUT2D eigenvalue weighted by molar-refractivity contribution is 6.96. The Morgan fingerprint density at radius 3 is 1.68 bits per heavy atom. The maximum absolute atomic E-state index is 5.02. The summed E-state index contributed by atoms with van der Waals surface area (Å²) in [5, 5.41) is 0. The Bertz CT molecular complexity index is 1500. The molecule has 3 aromatic carbocycles. The van der Waals surface area contributed by atoms with E-state index in [1.165, 1.54) is 55.4 Å². The van der Waals surface area contributed by atoms with Crippen molar-refractivity contribution in [3.05, 3.63) is 112 Å². The minimum atomic E-state index is 0.0334. The lowest BCUT2D eigenvalue weighted by Gasteiger charge is -2.23. The van der Waals surface area contributed by atoms with Gasteiger partial charge in [0.1, 0.15) is 6.33 Å². The van der Waals surface area contributed by atoms with Crippen molar-refractivity contribution in [1.82, 2.24) is 19.1 Å². The number of para-hydroxylation sites is 1. The van der Waals surface area contributed by atoms with Crippen LogP contribution < -0.4 is 16.5 Å². The third-order valence-electron chi connectivity index (χ3n) is 7.48. The molecule has 2 heterocycles. The van der Waals surface area contributed by atoms with Crippen LogP contribution in [0.3, 0.4) is 0 Å². The largest absolute Gasteiger partial charge is 0.285 e. The number of imidazole rings is 2. The van der Waals surface area contributed by atoms with Gasteiger partial charge in [0.2, 0.25) is 5.95 Å². The summed E-state index contributed by atoms with van der Waals surface area (Å²) in [5.74, 6) is 0.838. The van der Waals surface area contributed by atoms with Gasteiger partial charge in [-0.15, -0.1) is 0 Å². The van der Waals surface area contributed by atoms with Gasteiger partial charge in [-0.05, 0) is 66.5 Å². The van der Waals surface area contributed by atoms with Gasteiger partial charge in [0, 0.05) is 24.2 Å². The molecule has 0 aliphatic heterocycles. The molecule has 2 aromatic heterocycles. The standard InChI is InChI=1S/C32H35BN4/c1-20-14-24(5)29(25(6)15-20)33(30-26(7)16-21(2)17-27(30)8)28-18-36(19-35-28)32-34-12-13-37(32)31-22(3)10-9-11-23(31)4/h9-19H,1-8H3.